The van der Waals surface area contributed by atoms with Crippen LogP contribution in [0.1, 0.15) is 66.2 Å². The molecule has 0 bridgehead atoms. The summed E-state index contributed by atoms with van der Waals surface area (Å²) in [6, 6.07) is 0. The Morgan fingerprint density at radius 2 is 1.11 bits per heavy atom. The number of halogens is 3. The van der Waals surface area contributed by atoms with E-state index in [0.717, 1.165) is 0 Å². The quantitative estimate of drug-likeness (QED) is 0.358. The van der Waals surface area contributed by atoms with Crippen LogP contribution in [0.3, 0.4) is 0 Å². The number of sulfonamides is 2. The van der Waals surface area contributed by atoms with E-state index in [2.05, 4.69) is 27.7 Å². The lowest BCUT2D eigenvalue weighted by atomic mass is 10.4. The van der Waals surface area contributed by atoms with Crippen molar-refractivity contribution in [2.24, 2.45) is 0 Å². The van der Waals surface area contributed by atoms with Crippen molar-refractivity contribution in [3.63, 3.8) is 0 Å². The Bertz CT molecular complexity index is 572. The molecule has 0 aliphatic heterocycles. The minimum absolute atomic E-state index is 0.246. The lowest BCUT2D eigenvalue weighted by molar-refractivity contribution is -0.0425. The fourth-order valence-corrected chi connectivity index (χ4v) is 8.86. The van der Waals surface area contributed by atoms with Gasteiger partial charge in [-0.15, -0.1) is 0 Å². The van der Waals surface area contributed by atoms with Crippen LogP contribution in [0.2, 0.25) is 0 Å². The van der Waals surface area contributed by atoms with Gasteiger partial charge in [-0.1, -0.05) is 40.0 Å². The molecule has 0 amide bonds. The molecule has 0 spiro atoms. The Morgan fingerprint density at radius 1 is 0.778 bits per heavy atom. The Kier molecular flexibility index (Phi) is 14.5. The van der Waals surface area contributed by atoms with Gasteiger partial charge in [0.25, 0.3) is 0 Å². The van der Waals surface area contributed by atoms with E-state index in [1.54, 1.807) is 22.6 Å². The number of unbranched alkanes of at least 4 members (excludes halogenated alkanes) is 3. The minimum atomic E-state index is -5.92. The second-order valence-corrected chi connectivity index (χ2v) is 14.8. The van der Waals surface area contributed by atoms with Crippen molar-refractivity contribution in [1.82, 2.24) is 0 Å². The molecular weight excluding hydrogens is 422 g/mol. The summed E-state index contributed by atoms with van der Waals surface area (Å²) < 4.78 is 76.0. The zero-order valence-corrected chi connectivity index (χ0v) is 19.6. The normalized spacial score (nSPS) is 13.2. The molecule has 11 heteroatoms. The monoisotopic (exact) mass is 457 g/mol. The topological polar surface area (TPSA) is 82.4 Å². The molecule has 0 N–H and O–H groups in total. The highest BCUT2D eigenvalue weighted by molar-refractivity contribution is 8.12. The lowest BCUT2D eigenvalue weighted by Crippen LogP contribution is -2.23. The van der Waals surface area contributed by atoms with Crippen molar-refractivity contribution < 1.29 is 30.0 Å². The van der Waals surface area contributed by atoms with Gasteiger partial charge in [-0.05, 0) is 26.2 Å². The highest BCUT2D eigenvalue weighted by Gasteiger charge is 2.40. The largest absolute Gasteiger partial charge is 0.480 e. The first kappa shape index (κ1) is 29.3. The van der Waals surface area contributed by atoms with E-state index in [1.807, 2.05) is 0 Å². The van der Waals surface area contributed by atoms with Gasteiger partial charge in [0.2, 0.25) is 0 Å². The zero-order chi connectivity index (χ0) is 21.8. The standard InChI is InChI=1S/C14H32P.C2H3F3NO4S2/c1-5-9-12-15(8-4,13-10-6-2)14-11-7-3;1-11(7,8)6-12(9,10)2(3,4)5/h5-14H2,1-4H3;1H3/q+1;-1. The Labute approximate surface area is 164 Å². The van der Waals surface area contributed by atoms with Crippen LogP contribution < -0.4 is 0 Å². The van der Waals surface area contributed by atoms with E-state index in [1.165, 1.54) is 44.7 Å². The SMILES string of the molecule is CCCC[P+](CC)(CCCC)CCCC.CS(=O)(=O)[N-]S(=O)(=O)C(F)(F)F. The van der Waals surface area contributed by atoms with Gasteiger partial charge in [-0.25, -0.2) is 16.8 Å². The summed E-state index contributed by atoms with van der Waals surface area (Å²) in [6.45, 7) is 9.46. The number of alkyl halides is 3. The molecule has 0 aromatic carbocycles. The molecule has 0 atom stereocenters. The second-order valence-electron chi connectivity index (χ2n) is 6.62. The van der Waals surface area contributed by atoms with Gasteiger partial charge in [0.1, 0.15) is 0 Å². The predicted octanol–water partition coefficient (Wildman–Crippen LogP) is 5.59. The fourth-order valence-electron chi connectivity index (χ4n) is 2.51. The average molecular weight is 458 g/mol. The Hall–Kier alpha value is 0.0800. The maximum absolute atomic E-state index is 11.4. The van der Waals surface area contributed by atoms with Crippen LogP contribution >= 0.6 is 7.26 Å². The van der Waals surface area contributed by atoms with Crippen molar-refractivity contribution >= 4 is 27.3 Å². The number of nitrogens with zero attached hydrogens (tertiary/aromatic N) is 1. The summed E-state index contributed by atoms with van der Waals surface area (Å²) in [5, 5.41) is 0. The first-order valence-electron chi connectivity index (χ1n) is 9.30. The van der Waals surface area contributed by atoms with Crippen LogP contribution in [0, 0.1) is 0 Å². The molecule has 0 aliphatic carbocycles. The van der Waals surface area contributed by atoms with E-state index in [0.29, 0.717) is 0 Å². The van der Waals surface area contributed by atoms with Crippen LogP contribution in [0.4, 0.5) is 13.2 Å². The van der Waals surface area contributed by atoms with E-state index < -0.39 is 32.8 Å². The Balaban J connectivity index is 0. The lowest BCUT2D eigenvalue weighted by Gasteiger charge is -2.26. The molecule has 0 rings (SSSR count). The molecule has 0 aromatic heterocycles. The van der Waals surface area contributed by atoms with Gasteiger partial charge in [0.15, 0.2) is 10.0 Å². The van der Waals surface area contributed by atoms with Gasteiger partial charge in [-0.2, -0.15) is 13.2 Å². The highest BCUT2D eigenvalue weighted by atomic mass is 32.3. The van der Waals surface area contributed by atoms with Crippen molar-refractivity contribution in [2.75, 3.05) is 30.9 Å². The minimum Gasteiger partial charge on any atom is -0.429 e. The van der Waals surface area contributed by atoms with Gasteiger partial charge in [0.05, 0.1) is 34.7 Å². The van der Waals surface area contributed by atoms with Gasteiger partial charge in [-0.3, -0.25) is 0 Å². The molecule has 0 saturated carbocycles. The molecule has 0 aromatic rings. The molecule has 166 valence electrons. The van der Waals surface area contributed by atoms with Gasteiger partial charge >= 0.3 is 5.51 Å². The van der Waals surface area contributed by atoms with E-state index in [4.69, 9.17) is 0 Å². The number of rotatable bonds is 12. The maximum atomic E-state index is 11.4. The first-order chi connectivity index (χ1) is 12.2. The van der Waals surface area contributed by atoms with E-state index in [-0.39, 0.29) is 6.26 Å². The molecule has 0 heterocycles. The van der Waals surface area contributed by atoms with Gasteiger partial charge < -0.3 is 4.13 Å². The third-order valence-corrected chi connectivity index (χ3v) is 11.7. The molecule has 5 nitrogen and oxygen atoms in total. The van der Waals surface area contributed by atoms with Crippen LogP contribution in [0.5, 0.6) is 0 Å². The maximum Gasteiger partial charge on any atom is 0.480 e. The third kappa shape index (κ3) is 13.8. The summed E-state index contributed by atoms with van der Waals surface area (Å²) in [5.74, 6) is 0. The highest BCUT2D eigenvalue weighted by Crippen LogP contribution is 2.60. The molecule has 0 radical (unpaired) electrons. The second kappa shape index (κ2) is 13.3. The van der Waals surface area contributed by atoms with E-state index >= 15 is 0 Å². The summed E-state index contributed by atoms with van der Waals surface area (Å²) in [4.78, 5) is 0. The molecule has 0 aliphatic rings. The molecule has 0 unspecified atom stereocenters. The smallest absolute Gasteiger partial charge is 0.429 e. The summed E-state index contributed by atoms with van der Waals surface area (Å²) in [6.07, 6.45) is 15.1. The van der Waals surface area contributed by atoms with Crippen LogP contribution in [0.25, 0.3) is 4.13 Å². The van der Waals surface area contributed by atoms with E-state index in [9.17, 15) is 30.0 Å². The van der Waals surface area contributed by atoms with Crippen molar-refractivity contribution in [3.05, 3.63) is 4.13 Å². The summed E-state index contributed by atoms with van der Waals surface area (Å²) in [5.41, 5.74) is -5.67. The molecule has 0 fully saturated rings. The van der Waals surface area contributed by atoms with Crippen LogP contribution in [-0.4, -0.2) is 53.2 Å². The van der Waals surface area contributed by atoms with Crippen molar-refractivity contribution in [2.45, 2.75) is 71.7 Å². The molecular formula is C16H35F3NO4PS2. The summed E-state index contributed by atoms with van der Waals surface area (Å²) >= 11 is 0. The molecule has 27 heavy (non-hydrogen) atoms. The van der Waals surface area contributed by atoms with Gasteiger partial charge in [0, 0.05) is 13.5 Å². The van der Waals surface area contributed by atoms with Crippen molar-refractivity contribution in [3.8, 4) is 0 Å². The third-order valence-electron chi connectivity index (χ3n) is 4.15. The summed E-state index contributed by atoms with van der Waals surface area (Å²) in [7, 11) is -11.0. The van der Waals surface area contributed by atoms with Crippen molar-refractivity contribution in [1.29, 1.82) is 0 Å². The number of hydrogen-bond donors (Lipinski definition) is 0. The number of hydrogen-bond acceptors (Lipinski definition) is 4. The predicted molar refractivity (Wildman–Crippen MR) is 110 cm³/mol. The van der Waals surface area contributed by atoms with Crippen LogP contribution in [0.15, 0.2) is 0 Å². The zero-order valence-electron chi connectivity index (χ0n) is 17.0. The fraction of sp³-hybridized carbons (Fsp3) is 1.00. The first-order valence-corrected chi connectivity index (χ1v) is 15.1. The molecule has 0 saturated heterocycles. The Morgan fingerprint density at radius 3 is 1.26 bits per heavy atom. The average Bonchev–Trinajstić information content (AvgIpc) is 2.52. The van der Waals surface area contributed by atoms with Crippen LogP contribution in [-0.2, 0) is 20.0 Å².